The monoisotopic (exact) mass is 370 g/mol. The van der Waals surface area contributed by atoms with E-state index in [2.05, 4.69) is 31.4 Å². The molecule has 2 rings (SSSR count). The molecule has 0 radical (unpaired) electrons. The standard InChI is InChI=1S/C22H27FN2O2/c1-14(2)19(21(27)24-18-9-7-6-8-17(18)23)25-20(26)15-10-12-16(13-11-15)22(3,4)5/h6-14,19H,1-5H3,(H,24,27)(H,25,26). The van der Waals surface area contributed by atoms with Crippen molar-refractivity contribution in [1.82, 2.24) is 5.32 Å². The summed E-state index contributed by atoms with van der Waals surface area (Å²) in [6, 6.07) is 12.5. The lowest BCUT2D eigenvalue weighted by atomic mass is 9.86. The van der Waals surface area contributed by atoms with Gasteiger partial charge in [0, 0.05) is 5.56 Å². The van der Waals surface area contributed by atoms with Crippen LogP contribution in [0.2, 0.25) is 0 Å². The maximum Gasteiger partial charge on any atom is 0.251 e. The van der Waals surface area contributed by atoms with Gasteiger partial charge < -0.3 is 10.6 Å². The van der Waals surface area contributed by atoms with Gasteiger partial charge in [0.2, 0.25) is 5.91 Å². The first kappa shape index (κ1) is 20.6. The topological polar surface area (TPSA) is 58.2 Å². The molecule has 5 heteroatoms. The van der Waals surface area contributed by atoms with Crippen LogP contribution in [0.4, 0.5) is 10.1 Å². The van der Waals surface area contributed by atoms with Crippen LogP contribution in [0.25, 0.3) is 0 Å². The number of para-hydroxylation sites is 1. The number of carbonyl (C=O) groups is 2. The Morgan fingerprint density at radius 3 is 2.07 bits per heavy atom. The lowest BCUT2D eigenvalue weighted by Crippen LogP contribution is -2.47. The van der Waals surface area contributed by atoms with Crippen LogP contribution in [0.15, 0.2) is 48.5 Å². The third-order valence-electron chi connectivity index (χ3n) is 4.38. The molecule has 0 aliphatic carbocycles. The Morgan fingerprint density at radius 1 is 0.963 bits per heavy atom. The number of hydrogen-bond acceptors (Lipinski definition) is 2. The minimum absolute atomic E-state index is 0.00484. The molecule has 0 aliphatic rings. The van der Waals surface area contributed by atoms with E-state index in [9.17, 15) is 14.0 Å². The lowest BCUT2D eigenvalue weighted by Gasteiger charge is -2.22. The Kier molecular flexibility index (Phi) is 6.37. The van der Waals surface area contributed by atoms with E-state index < -0.39 is 17.8 Å². The highest BCUT2D eigenvalue weighted by atomic mass is 19.1. The largest absolute Gasteiger partial charge is 0.340 e. The number of benzene rings is 2. The van der Waals surface area contributed by atoms with Crippen molar-refractivity contribution in [3.8, 4) is 0 Å². The second kappa shape index (κ2) is 8.33. The first-order valence-corrected chi connectivity index (χ1v) is 9.06. The Labute approximate surface area is 160 Å². The molecule has 2 aromatic rings. The molecule has 1 unspecified atom stereocenters. The number of rotatable bonds is 5. The fraction of sp³-hybridized carbons (Fsp3) is 0.364. The molecule has 0 bridgehead atoms. The van der Waals surface area contributed by atoms with Crippen molar-refractivity contribution in [2.24, 2.45) is 5.92 Å². The lowest BCUT2D eigenvalue weighted by molar-refractivity contribution is -0.118. The maximum absolute atomic E-state index is 13.8. The van der Waals surface area contributed by atoms with E-state index in [0.717, 1.165) is 5.56 Å². The fourth-order valence-electron chi connectivity index (χ4n) is 2.65. The molecule has 0 saturated carbocycles. The summed E-state index contributed by atoms with van der Waals surface area (Å²) in [6.07, 6.45) is 0. The van der Waals surface area contributed by atoms with Crippen molar-refractivity contribution >= 4 is 17.5 Å². The molecule has 144 valence electrons. The number of carbonyl (C=O) groups excluding carboxylic acids is 2. The van der Waals surface area contributed by atoms with Gasteiger partial charge >= 0.3 is 0 Å². The van der Waals surface area contributed by atoms with E-state index in [1.165, 1.54) is 12.1 Å². The molecule has 0 fully saturated rings. The molecule has 2 aromatic carbocycles. The first-order chi connectivity index (χ1) is 12.6. The maximum atomic E-state index is 13.8. The van der Waals surface area contributed by atoms with Gasteiger partial charge in [-0.1, -0.05) is 58.9 Å². The number of hydrogen-bond donors (Lipinski definition) is 2. The van der Waals surface area contributed by atoms with Crippen molar-refractivity contribution in [2.45, 2.75) is 46.1 Å². The van der Waals surface area contributed by atoms with Crippen molar-refractivity contribution in [3.63, 3.8) is 0 Å². The van der Waals surface area contributed by atoms with Gasteiger partial charge in [0.15, 0.2) is 0 Å². The second-order valence-electron chi connectivity index (χ2n) is 7.99. The molecule has 4 nitrogen and oxygen atoms in total. The molecular weight excluding hydrogens is 343 g/mol. The predicted molar refractivity (Wildman–Crippen MR) is 106 cm³/mol. The molecule has 0 aromatic heterocycles. The van der Waals surface area contributed by atoms with E-state index in [-0.39, 0.29) is 22.9 Å². The normalized spacial score (nSPS) is 12.6. The zero-order valence-corrected chi connectivity index (χ0v) is 16.5. The van der Waals surface area contributed by atoms with Crippen molar-refractivity contribution in [3.05, 3.63) is 65.5 Å². The molecule has 0 saturated heterocycles. The fourth-order valence-corrected chi connectivity index (χ4v) is 2.65. The van der Waals surface area contributed by atoms with Crippen LogP contribution in [-0.2, 0) is 10.2 Å². The highest BCUT2D eigenvalue weighted by molar-refractivity contribution is 6.01. The number of amides is 2. The third-order valence-corrected chi connectivity index (χ3v) is 4.38. The highest BCUT2D eigenvalue weighted by Crippen LogP contribution is 2.22. The molecular formula is C22H27FN2O2. The first-order valence-electron chi connectivity index (χ1n) is 9.06. The smallest absolute Gasteiger partial charge is 0.251 e. The molecule has 27 heavy (non-hydrogen) atoms. The summed E-state index contributed by atoms with van der Waals surface area (Å²) in [5.74, 6) is -1.46. The molecule has 2 amide bonds. The van der Waals surface area contributed by atoms with E-state index >= 15 is 0 Å². The van der Waals surface area contributed by atoms with Crippen molar-refractivity contribution in [1.29, 1.82) is 0 Å². The number of halogens is 1. The van der Waals surface area contributed by atoms with Crippen LogP contribution < -0.4 is 10.6 Å². The van der Waals surface area contributed by atoms with Crippen molar-refractivity contribution < 1.29 is 14.0 Å². The van der Waals surface area contributed by atoms with Gasteiger partial charge in [-0.3, -0.25) is 9.59 Å². The van der Waals surface area contributed by atoms with Crippen LogP contribution in [-0.4, -0.2) is 17.9 Å². The molecule has 0 heterocycles. The van der Waals surface area contributed by atoms with Gasteiger partial charge in [0.1, 0.15) is 11.9 Å². The summed E-state index contributed by atoms with van der Waals surface area (Å²) in [5, 5.41) is 5.31. The number of anilines is 1. The van der Waals surface area contributed by atoms with Gasteiger partial charge in [-0.25, -0.2) is 4.39 Å². The zero-order valence-electron chi connectivity index (χ0n) is 16.5. The van der Waals surface area contributed by atoms with Gasteiger partial charge in [-0.15, -0.1) is 0 Å². The summed E-state index contributed by atoms with van der Waals surface area (Å²) < 4.78 is 13.8. The van der Waals surface area contributed by atoms with Gasteiger partial charge in [0.25, 0.3) is 5.91 Å². The van der Waals surface area contributed by atoms with Crippen LogP contribution >= 0.6 is 0 Å². The van der Waals surface area contributed by atoms with Crippen LogP contribution in [0, 0.1) is 11.7 Å². The molecule has 1 atom stereocenters. The Balaban J connectivity index is 2.12. The summed E-state index contributed by atoms with van der Waals surface area (Å²) in [6.45, 7) is 9.96. The molecule has 0 aliphatic heterocycles. The summed E-state index contributed by atoms with van der Waals surface area (Å²) in [7, 11) is 0. The third kappa shape index (κ3) is 5.39. The minimum Gasteiger partial charge on any atom is -0.340 e. The highest BCUT2D eigenvalue weighted by Gasteiger charge is 2.25. The van der Waals surface area contributed by atoms with Crippen molar-refractivity contribution in [2.75, 3.05) is 5.32 Å². The van der Waals surface area contributed by atoms with E-state index in [1.807, 2.05) is 26.0 Å². The van der Waals surface area contributed by atoms with E-state index in [4.69, 9.17) is 0 Å². The van der Waals surface area contributed by atoms with Crippen LogP contribution in [0.1, 0.15) is 50.5 Å². The van der Waals surface area contributed by atoms with E-state index in [0.29, 0.717) is 5.56 Å². The van der Waals surface area contributed by atoms with Crippen LogP contribution in [0.5, 0.6) is 0 Å². The summed E-state index contributed by atoms with van der Waals surface area (Å²) >= 11 is 0. The second-order valence-corrected chi connectivity index (χ2v) is 7.99. The average molecular weight is 370 g/mol. The van der Waals surface area contributed by atoms with Gasteiger partial charge in [-0.2, -0.15) is 0 Å². The zero-order chi connectivity index (χ0) is 20.2. The van der Waals surface area contributed by atoms with Gasteiger partial charge in [0.05, 0.1) is 5.69 Å². The van der Waals surface area contributed by atoms with E-state index in [1.54, 1.807) is 24.3 Å². The SMILES string of the molecule is CC(C)C(NC(=O)c1ccc(C(C)(C)C)cc1)C(=O)Nc1ccccc1F. The summed E-state index contributed by atoms with van der Waals surface area (Å²) in [4.78, 5) is 25.1. The Hall–Kier alpha value is -2.69. The summed E-state index contributed by atoms with van der Waals surface area (Å²) in [5.41, 5.74) is 1.69. The molecule has 0 spiro atoms. The average Bonchev–Trinajstić information content (AvgIpc) is 2.60. The minimum atomic E-state index is -0.778. The van der Waals surface area contributed by atoms with Crippen LogP contribution in [0.3, 0.4) is 0 Å². The number of nitrogens with one attached hydrogen (secondary N) is 2. The van der Waals surface area contributed by atoms with Gasteiger partial charge in [-0.05, 0) is 41.2 Å². The quantitative estimate of drug-likeness (QED) is 0.813. The predicted octanol–water partition coefficient (Wildman–Crippen LogP) is 4.52. The Bertz CT molecular complexity index is 808. The molecule has 2 N–H and O–H groups in total. The Morgan fingerprint density at radius 2 is 1.56 bits per heavy atom.